The molecule has 1 aliphatic rings. The van der Waals surface area contributed by atoms with Crippen LogP contribution >= 0.6 is 0 Å². The number of nitrogens with one attached hydrogen (secondary N) is 1. The Kier molecular flexibility index (Phi) is 5.93. The molecule has 0 saturated heterocycles. The molecule has 2 unspecified atom stereocenters. The van der Waals surface area contributed by atoms with Gasteiger partial charge in [-0.2, -0.15) is 0 Å². The highest BCUT2D eigenvalue weighted by molar-refractivity contribution is 6.74. The zero-order valence-electron chi connectivity index (χ0n) is 16.1. The van der Waals surface area contributed by atoms with Gasteiger partial charge in [0.15, 0.2) is 8.32 Å². The first-order chi connectivity index (χ1) is 11.5. The van der Waals surface area contributed by atoms with Crippen LogP contribution in [0.4, 0.5) is 4.79 Å². The fourth-order valence-electron chi connectivity index (χ4n) is 2.96. The lowest BCUT2D eigenvalue weighted by Gasteiger charge is -2.37. The number of nitrogens with zero attached hydrogens (tertiary/aromatic N) is 2. The molecular weight excluding hydrogens is 338 g/mol. The molecule has 2 rings (SSSR count). The third kappa shape index (κ3) is 5.04. The Labute approximate surface area is 150 Å². The molecule has 1 heterocycles. The van der Waals surface area contributed by atoms with Crippen molar-refractivity contribution in [3.05, 3.63) is 11.8 Å². The molecule has 1 aromatic rings. The standard InChI is InChI=1S/C17H31N3O4Si/c1-11(24-25(5,6)17(2,3)4)14-19-20-15(23-14)12-8-7-9-13(10-12)18-16(21)22/h11-13,18H,7-10H2,1-6H3,(H,21,22)/t11-,12?,13?/m1/s1. The monoisotopic (exact) mass is 369 g/mol. The number of carboxylic acid groups (broad SMARTS) is 1. The lowest BCUT2D eigenvalue weighted by atomic mass is 9.86. The van der Waals surface area contributed by atoms with E-state index in [9.17, 15) is 4.79 Å². The Hall–Kier alpha value is -1.41. The summed E-state index contributed by atoms with van der Waals surface area (Å²) in [6.45, 7) is 12.9. The molecule has 0 aliphatic heterocycles. The fraction of sp³-hybridized carbons (Fsp3) is 0.824. The normalized spacial score (nSPS) is 23.3. The molecular formula is C17H31N3O4Si. The maximum atomic E-state index is 10.8. The van der Waals surface area contributed by atoms with Crippen LogP contribution in [-0.4, -0.2) is 35.8 Å². The summed E-state index contributed by atoms with van der Waals surface area (Å²) in [6.07, 6.45) is 2.23. The van der Waals surface area contributed by atoms with Crippen LogP contribution in [0.2, 0.25) is 18.1 Å². The molecule has 3 atom stereocenters. The summed E-state index contributed by atoms with van der Waals surface area (Å²) in [5.41, 5.74) is 0. The molecule has 1 saturated carbocycles. The average Bonchev–Trinajstić information content (AvgIpc) is 2.95. The number of hydrogen-bond acceptors (Lipinski definition) is 5. The predicted molar refractivity (Wildman–Crippen MR) is 97.2 cm³/mol. The van der Waals surface area contributed by atoms with Crippen LogP contribution in [0.25, 0.3) is 0 Å². The third-order valence-electron chi connectivity index (χ3n) is 5.43. The molecule has 142 valence electrons. The van der Waals surface area contributed by atoms with E-state index >= 15 is 0 Å². The number of carbonyl (C=O) groups is 1. The lowest BCUT2D eigenvalue weighted by Crippen LogP contribution is -2.41. The van der Waals surface area contributed by atoms with Gasteiger partial charge in [0.25, 0.3) is 0 Å². The highest BCUT2D eigenvalue weighted by Crippen LogP contribution is 2.40. The maximum absolute atomic E-state index is 10.8. The maximum Gasteiger partial charge on any atom is 0.404 e. The second-order valence-electron chi connectivity index (χ2n) is 8.51. The Morgan fingerprint density at radius 2 is 2.04 bits per heavy atom. The Morgan fingerprint density at radius 1 is 1.36 bits per heavy atom. The van der Waals surface area contributed by atoms with Gasteiger partial charge in [-0.1, -0.05) is 27.2 Å². The van der Waals surface area contributed by atoms with E-state index < -0.39 is 14.4 Å². The minimum atomic E-state index is -1.91. The van der Waals surface area contributed by atoms with Crippen LogP contribution in [0.15, 0.2) is 4.42 Å². The van der Waals surface area contributed by atoms with E-state index in [1.54, 1.807) is 0 Å². The number of hydrogen-bond donors (Lipinski definition) is 2. The van der Waals surface area contributed by atoms with Crippen LogP contribution in [0.1, 0.15) is 77.2 Å². The first kappa shape index (κ1) is 19.9. The van der Waals surface area contributed by atoms with Gasteiger partial charge in [-0.15, -0.1) is 10.2 Å². The summed E-state index contributed by atoms with van der Waals surface area (Å²) in [7, 11) is -1.91. The minimum absolute atomic E-state index is 0.0486. The Morgan fingerprint density at radius 3 is 2.64 bits per heavy atom. The largest absolute Gasteiger partial charge is 0.465 e. The Balaban J connectivity index is 2.03. The van der Waals surface area contributed by atoms with Crippen LogP contribution in [0, 0.1) is 0 Å². The summed E-state index contributed by atoms with van der Waals surface area (Å²) in [4.78, 5) is 10.8. The molecule has 0 spiro atoms. The van der Waals surface area contributed by atoms with Crippen molar-refractivity contribution in [3.8, 4) is 0 Å². The third-order valence-corrected chi connectivity index (χ3v) is 9.99. The summed E-state index contributed by atoms with van der Waals surface area (Å²) in [6, 6.07) is -0.0486. The number of rotatable bonds is 5. The van der Waals surface area contributed by atoms with E-state index in [1.165, 1.54) is 0 Å². The van der Waals surface area contributed by atoms with Crippen LogP contribution < -0.4 is 5.32 Å². The fourth-order valence-corrected chi connectivity index (χ4v) is 4.30. The number of aromatic nitrogens is 2. The van der Waals surface area contributed by atoms with Crippen molar-refractivity contribution < 1.29 is 18.7 Å². The van der Waals surface area contributed by atoms with Crippen molar-refractivity contribution in [3.63, 3.8) is 0 Å². The van der Waals surface area contributed by atoms with Crippen LogP contribution in [0.5, 0.6) is 0 Å². The van der Waals surface area contributed by atoms with Crippen molar-refractivity contribution in [1.82, 2.24) is 15.5 Å². The van der Waals surface area contributed by atoms with Gasteiger partial charge in [0.2, 0.25) is 11.8 Å². The number of amides is 1. The van der Waals surface area contributed by atoms with Crippen molar-refractivity contribution in [2.45, 2.75) is 89.6 Å². The van der Waals surface area contributed by atoms with E-state index in [1.807, 2.05) is 6.92 Å². The SMILES string of the molecule is C[C@@H](O[Si](C)(C)C(C)(C)C)c1nnc(C2CCCC(NC(=O)O)C2)o1. The molecule has 1 fully saturated rings. The highest BCUT2D eigenvalue weighted by Gasteiger charge is 2.39. The second kappa shape index (κ2) is 7.45. The zero-order valence-corrected chi connectivity index (χ0v) is 17.1. The molecule has 25 heavy (non-hydrogen) atoms. The molecule has 1 aromatic heterocycles. The van der Waals surface area contributed by atoms with Crippen molar-refractivity contribution in [2.75, 3.05) is 0 Å². The van der Waals surface area contributed by atoms with Gasteiger partial charge >= 0.3 is 6.09 Å². The van der Waals surface area contributed by atoms with E-state index in [-0.39, 0.29) is 23.1 Å². The minimum Gasteiger partial charge on any atom is -0.465 e. The van der Waals surface area contributed by atoms with Gasteiger partial charge in [-0.3, -0.25) is 0 Å². The predicted octanol–water partition coefficient (Wildman–Crippen LogP) is 4.45. The topological polar surface area (TPSA) is 97.5 Å². The van der Waals surface area contributed by atoms with Gasteiger partial charge in [-0.05, 0) is 44.3 Å². The molecule has 0 aromatic carbocycles. The molecule has 2 N–H and O–H groups in total. The van der Waals surface area contributed by atoms with E-state index in [0.29, 0.717) is 18.2 Å². The van der Waals surface area contributed by atoms with Gasteiger partial charge in [0.05, 0.1) is 0 Å². The average molecular weight is 370 g/mol. The van der Waals surface area contributed by atoms with Crippen molar-refractivity contribution in [1.29, 1.82) is 0 Å². The molecule has 0 radical (unpaired) electrons. The van der Waals surface area contributed by atoms with E-state index in [2.05, 4.69) is 49.4 Å². The highest BCUT2D eigenvalue weighted by atomic mass is 28.4. The molecule has 8 heteroatoms. The molecule has 1 amide bonds. The van der Waals surface area contributed by atoms with E-state index in [4.69, 9.17) is 13.9 Å². The van der Waals surface area contributed by atoms with Gasteiger partial charge in [0, 0.05) is 12.0 Å². The Bertz CT molecular complexity index is 597. The summed E-state index contributed by atoms with van der Waals surface area (Å²) >= 11 is 0. The second-order valence-corrected chi connectivity index (χ2v) is 13.3. The summed E-state index contributed by atoms with van der Waals surface area (Å²) in [5, 5.41) is 20.0. The quantitative estimate of drug-likeness (QED) is 0.744. The van der Waals surface area contributed by atoms with Gasteiger partial charge in [-0.25, -0.2) is 4.79 Å². The summed E-state index contributed by atoms with van der Waals surface area (Å²) in [5.74, 6) is 1.21. The van der Waals surface area contributed by atoms with E-state index in [0.717, 1.165) is 19.3 Å². The molecule has 1 aliphatic carbocycles. The molecule has 0 bridgehead atoms. The smallest absolute Gasteiger partial charge is 0.404 e. The van der Waals surface area contributed by atoms with Gasteiger partial charge in [0.1, 0.15) is 6.10 Å². The first-order valence-corrected chi connectivity index (χ1v) is 11.9. The van der Waals surface area contributed by atoms with Crippen LogP contribution in [-0.2, 0) is 4.43 Å². The van der Waals surface area contributed by atoms with Gasteiger partial charge < -0.3 is 19.3 Å². The zero-order chi connectivity index (χ0) is 18.8. The summed E-state index contributed by atoms with van der Waals surface area (Å²) < 4.78 is 12.2. The molecule has 7 nitrogen and oxygen atoms in total. The van der Waals surface area contributed by atoms with Crippen LogP contribution in [0.3, 0.4) is 0 Å². The first-order valence-electron chi connectivity index (χ1n) is 9.00. The van der Waals surface area contributed by atoms with Crippen molar-refractivity contribution >= 4 is 14.4 Å². The lowest BCUT2D eigenvalue weighted by molar-refractivity contribution is 0.163. The van der Waals surface area contributed by atoms with Crippen molar-refractivity contribution in [2.24, 2.45) is 0 Å².